The van der Waals surface area contributed by atoms with Crippen LogP contribution in [0.15, 0.2) is 60.7 Å². The molecule has 4 unspecified atom stereocenters. The number of benzene rings is 2. The highest BCUT2D eigenvalue weighted by molar-refractivity contribution is 5.90. The first-order valence-corrected chi connectivity index (χ1v) is 8.51. The molecule has 4 rings (SSSR count). The molecule has 2 heterocycles. The molecule has 0 saturated carbocycles. The molecular weight excluding hydrogens is 302 g/mol. The van der Waals surface area contributed by atoms with Crippen molar-refractivity contribution in [1.82, 2.24) is 5.06 Å². The lowest BCUT2D eigenvalue weighted by Crippen LogP contribution is -2.65. The highest BCUT2D eigenvalue weighted by atomic mass is 16.8. The third kappa shape index (κ3) is 2.52. The first-order valence-electron chi connectivity index (χ1n) is 8.51. The predicted octanol–water partition coefficient (Wildman–Crippen LogP) is 3.46. The Kier molecular flexibility index (Phi) is 4.08. The molecule has 4 nitrogen and oxygen atoms in total. The minimum Gasteiger partial charge on any atom is -0.350 e. The van der Waals surface area contributed by atoms with Gasteiger partial charge in [-0.15, -0.1) is 0 Å². The van der Waals surface area contributed by atoms with Crippen LogP contribution in [0.5, 0.6) is 0 Å². The molecule has 2 aliphatic heterocycles. The van der Waals surface area contributed by atoms with Crippen molar-refractivity contribution in [3.05, 3.63) is 71.8 Å². The molecule has 4 heteroatoms. The Labute approximate surface area is 141 Å². The fourth-order valence-corrected chi connectivity index (χ4v) is 3.84. The summed E-state index contributed by atoms with van der Waals surface area (Å²) < 4.78 is 5.66. The summed E-state index contributed by atoms with van der Waals surface area (Å²) in [6.07, 6.45) is 0.396. The van der Waals surface area contributed by atoms with E-state index < -0.39 is 0 Å². The van der Waals surface area contributed by atoms with E-state index in [0.29, 0.717) is 6.61 Å². The minimum atomic E-state index is -0.364. The van der Waals surface area contributed by atoms with Crippen LogP contribution in [0.1, 0.15) is 36.3 Å². The van der Waals surface area contributed by atoms with E-state index in [1.165, 1.54) is 5.56 Å². The number of carbonyl (C=O) groups is 1. The Bertz CT molecular complexity index is 703. The van der Waals surface area contributed by atoms with Gasteiger partial charge in [-0.05, 0) is 18.1 Å². The smallest absolute Gasteiger partial charge is 0.256 e. The molecule has 0 aliphatic carbocycles. The summed E-state index contributed by atoms with van der Waals surface area (Å²) >= 11 is 0. The Morgan fingerprint density at radius 1 is 1.04 bits per heavy atom. The molecule has 0 bridgehead atoms. The third-order valence-corrected chi connectivity index (χ3v) is 4.92. The van der Waals surface area contributed by atoms with E-state index in [2.05, 4.69) is 12.1 Å². The largest absolute Gasteiger partial charge is 0.350 e. The number of nitrogens with zero attached hydrogens (tertiary/aromatic N) is 1. The van der Waals surface area contributed by atoms with Crippen LogP contribution in [0.2, 0.25) is 0 Å². The maximum absolute atomic E-state index is 12.7. The maximum atomic E-state index is 12.7. The van der Waals surface area contributed by atoms with Gasteiger partial charge in [-0.2, -0.15) is 0 Å². The Morgan fingerprint density at radius 2 is 1.67 bits per heavy atom. The van der Waals surface area contributed by atoms with Gasteiger partial charge in [0.05, 0.1) is 12.0 Å². The summed E-state index contributed by atoms with van der Waals surface area (Å²) in [6.45, 7) is 2.51. The fraction of sp³-hybridized carbons (Fsp3) is 0.350. The van der Waals surface area contributed by atoms with Gasteiger partial charge in [0.25, 0.3) is 5.91 Å². The zero-order valence-electron chi connectivity index (χ0n) is 13.7. The van der Waals surface area contributed by atoms with Gasteiger partial charge in [0.2, 0.25) is 0 Å². The summed E-state index contributed by atoms with van der Waals surface area (Å²) in [6, 6.07) is 20.4. The van der Waals surface area contributed by atoms with Crippen LogP contribution >= 0.6 is 0 Å². The molecule has 2 aromatic carbocycles. The van der Waals surface area contributed by atoms with E-state index in [4.69, 9.17) is 9.57 Å². The molecule has 2 saturated heterocycles. The van der Waals surface area contributed by atoms with Crippen LogP contribution in [0.3, 0.4) is 0 Å². The Hall–Kier alpha value is -2.17. The standard InChI is InChI=1S/C20H21NO3/c1-2-23-17-13-16(14-9-5-3-6-10-14)19-18(20(22)21(19)24-17)15-11-7-4-8-12-15/h3-12,16-19H,2,13H2,1H3. The first kappa shape index (κ1) is 15.4. The van der Waals surface area contributed by atoms with Gasteiger partial charge in [0.1, 0.15) is 0 Å². The van der Waals surface area contributed by atoms with Crippen molar-refractivity contribution >= 4 is 5.91 Å². The van der Waals surface area contributed by atoms with Crippen LogP contribution in [0.4, 0.5) is 0 Å². The van der Waals surface area contributed by atoms with Crippen LogP contribution in [-0.4, -0.2) is 29.9 Å². The zero-order chi connectivity index (χ0) is 16.5. The van der Waals surface area contributed by atoms with Gasteiger partial charge in [-0.1, -0.05) is 60.7 Å². The lowest BCUT2D eigenvalue weighted by atomic mass is 9.72. The number of carbonyl (C=O) groups excluding carboxylic acids is 1. The average Bonchev–Trinajstić information content (AvgIpc) is 2.64. The van der Waals surface area contributed by atoms with E-state index in [1.54, 1.807) is 5.06 Å². The molecule has 0 radical (unpaired) electrons. The Balaban J connectivity index is 1.68. The van der Waals surface area contributed by atoms with Crippen molar-refractivity contribution < 1.29 is 14.4 Å². The number of hydrogen-bond donors (Lipinski definition) is 0. The lowest BCUT2D eigenvalue weighted by Gasteiger charge is -2.54. The second-order valence-electron chi connectivity index (χ2n) is 6.29. The number of ether oxygens (including phenoxy) is 1. The number of hydrogen-bond acceptors (Lipinski definition) is 3. The molecule has 2 aromatic rings. The second-order valence-corrected chi connectivity index (χ2v) is 6.29. The molecule has 0 spiro atoms. The minimum absolute atomic E-state index is 0.0246. The van der Waals surface area contributed by atoms with E-state index >= 15 is 0 Å². The van der Waals surface area contributed by atoms with Crippen molar-refractivity contribution in [3.63, 3.8) is 0 Å². The number of fused-ring (bicyclic) bond motifs is 1. The van der Waals surface area contributed by atoms with Crippen LogP contribution in [0, 0.1) is 0 Å². The fourth-order valence-electron chi connectivity index (χ4n) is 3.84. The quantitative estimate of drug-likeness (QED) is 0.809. The summed E-state index contributed by atoms with van der Waals surface area (Å²) in [5.41, 5.74) is 2.29. The van der Waals surface area contributed by atoms with Gasteiger partial charge in [-0.3, -0.25) is 4.79 Å². The molecule has 4 atom stereocenters. The number of rotatable bonds is 4. The summed E-state index contributed by atoms with van der Waals surface area (Å²) in [4.78, 5) is 18.5. The molecule has 1 amide bonds. The molecular formula is C20H21NO3. The maximum Gasteiger partial charge on any atom is 0.256 e. The van der Waals surface area contributed by atoms with E-state index in [0.717, 1.165) is 12.0 Å². The van der Waals surface area contributed by atoms with Crippen molar-refractivity contribution in [2.75, 3.05) is 6.61 Å². The average molecular weight is 323 g/mol. The third-order valence-electron chi connectivity index (χ3n) is 4.92. The summed E-state index contributed by atoms with van der Waals surface area (Å²) in [7, 11) is 0. The number of amides is 1. The van der Waals surface area contributed by atoms with Crippen molar-refractivity contribution in [2.24, 2.45) is 0 Å². The highest BCUT2D eigenvalue weighted by Gasteiger charge is 2.57. The van der Waals surface area contributed by atoms with Gasteiger partial charge >= 0.3 is 0 Å². The molecule has 0 aromatic heterocycles. The first-order chi connectivity index (χ1) is 11.8. The SMILES string of the molecule is CCOC1CC(c2ccccc2)C2C(c3ccccc3)C(=O)N2O1. The van der Waals surface area contributed by atoms with Gasteiger partial charge in [0.15, 0.2) is 6.29 Å². The molecule has 2 fully saturated rings. The topological polar surface area (TPSA) is 38.8 Å². The van der Waals surface area contributed by atoms with Gasteiger partial charge in [-0.25, -0.2) is 9.90 Å². The van der Waals surface area contributed by atoms with Crippen LogP contribution < -0.4 is 0 Å². The monoisotopic (exact) mass is 323 g/mol. The van der Waals surface area contributed by atoms with E-state index in [1.807, 2.05) is 55.5 Å². The summed E-state index contributed by atoms with van der Waals surface area (Å²) in [5.74, 6) is 0.0925. The van der Waals surface area contributed by atoms with E-state index in [9.17, 15) is 4.79 Å². The number of β-lactam (4-membered cyclic amide) rings is 1. The second kappa shape index (κ2) is 6.38. The van der Waals surface area contributed by atoms with Crippen molar-refractivity contribution in [2.45, 2.75) is 37.5 Å². The summed E-state index contributed by atoms with van der Waals surface area (Å²) in [5, 5.41) is 1.54. The molecule has 2 aliphatic rings. The normalized spacial score (nSPS) is 29.0. The lowest BCUT2D eigenvalue weighted by molar-refractivity contribution is -0.332. The van der Waals surface area contributed by atoms with Crippen molar-refractivity contribution in [1.29, 1.82) is 0 Å². The zero-order valence-corrected chi connectivity index (χ0v) is 13.7. The van der Waals surface area contributed by atoms with Gasteiger partial charge in [0, 0.05) is 18.9 Å². The molecule has 0 N–H and O–H groups in total. The van der Waals surface area contributed by atoms with E-state index in [-0.39, 0.29) is 30.1 Å². The Morgan fingerprint density at radius 3 is 2.29 bits per heavy atom. The van der Waals surface area contributed by atoms with Gasteiger partial charge < -0.3 is 4.74 Å². The predicted molar refractivity (Wildman–Crippen MR) is 90.1 cm³/mol. The van der Waals surface area contributed by atoms with Crippen molar-refractivity contribution in [3.8, 4) is 0 Å². The molecule has 24 heavy (non-hydrogen) atoms. The molecule has 124 valence electrons. The number of hydroxylamine groups is 2. The van der Waals surface area contributed by atoms with Crippen LogP contribution in [-0.2, 0) is 14.4 Å². The van der Waals surface area contributed by atoms with Crippen LogP contribution in [0.25, 0.3) is 0 Å². The highest BCUT2D eigenvalue weighted by Crippen LogP contribution is 2.48.